The Kier molecular flexibility index (Phi) is 2.56. The zero-order chi connectivity index (χ0) is 10.8. The van der Waals surface area contributed by atoms with Crippen molar-refractivity contribution in [2.75, 3.05) is 0 Å². The number of aromatic nitrogens is 2. The van der Waals surface area contributed by atoms with Crippen LogP contribution in [-0.2, 0) is 6.61 Å². The standard InChI is InChI=1S/C12H14N2O/c1-9-3-4-12(11(7-9)8-15)14-6-5-10(2)13-14/h3-7,15H,8H2,1-2H3. The number of nitrogens with zero attached hydrogens (tertiary/aromatic N) is 2. The molecule has 0 amide bonds. The van der Waals surface area contributed by atoms with E-state index in [4.69, 9.17) is 0 Å². The van der Waals surface area contributed by atoms with Crippen LogP contribution in [0, 0.1) is 13.8 Å². The van der Waals surface area contributed by atoms with Crippen LogP contribution in [0.15, 0.2) is 30.5 Å². The molecule has 1 aromatic carbocycles. The van der Waals surface area contributed by atoms with Crippen LogP contribution in [-0.4, -0.2) is 14.9 Å². The van der Waals surface area contributed by atoms with Crippen molar-refractivity contribution in [2.24, 2.45) is 0 Å². The molecule has 1 N–H and O–H groups in total. The van der Waals surface area contributed by atoms with Crippen molar-refractivity contribution < 1.29 is 5.11 Å². The SMILES string of the molecule is Cc1ccc(-n2ccc(C)n2)c(CO)c1. The molecule has 0 saturated heterocycles. The average molecular weight is 202 g/mol. The second-order valence-corrected chi connectivity index (χ2v) is 3.69. The van der Waals surface area contributed by atoms with E-state index in [0.717, 1.165) is 22.5 Å². The van der Waals surface area contributed by atoms with Gasteiger partial charge in [0.05, 0.1) is 18.0 Å². The smallest absolute Gasteiger partial charge is 0.0703 e. The highest BCUT2D eigenvalue weighted by molar-refractivity contribution is 5.42. The molecule has 3 nitrogen and oxygen atoms in total. The third-order valence-corrected chi connectivity index (χ3v) is 2.37. The van der Waals surface area contributed by atoms with E-state index in [0.29, 0.717) is 0 Å². The Morgan fingerprint density at radius 2 is 2.07 bits per heavy atom. The fraction of sp³-hybridized carbons (Fsp3) is 0.250. The molecule has 0 aliphatic heterocycles. The van der Waals surface area contributed by atoms with Crippen molar-refractivity contribution in [1.82, 2.24) is 9.78 Å². The summed E-state index contributed by atoms with van der Waals surface area (Å²) in [4.78, 5) is 0. The molecule has 15 heavy (non-hydrogen) atoms. The van der Waals surface area contributed by atoms with Crippen LogP contribution in [0.5, 0.6) is 0 Å². The van der Waals surface area contributed by atoms with Crippen LogP contribution < -0.4 is 0 Å². The molecule has 0 fully saturated rings. The fourth-order valence-electron chi connectivity index (χ4n) is 1.61. The maximum Gasteiger partial charge on any atom is 0.0703 e. The molecule has 0 aliphatic rings. The molecule has 0 unspecified atom stereocenters. The van der Waals surface area contributed by atoms with Gasteiger partial charge in [-0.15, -0.1) is 0 Å². The summed E-state index contributed by atoms with van der Waals surface area (Å²) in [6, 6.07) is 7.92. The molecule has 1 aromatic heterocycles. The van der Waals surface area contributed by atoms with Crippen molar-refractivity contribution in [1.29, 1.82) is 0 Å². The second-order valence-electron chi connectivity index (χ2n) is 3.69. The molecule has 0 saturated carbocycles. The van der Waals surface area contributed by atoms with E-state index < -0.39 is 0 Å². The Labute approximate surface area is 89.0 Å². The number of rotatable bonds is 2. The maximum atomic E-state index is 9.27. The normalized spacial score (nSPS) is 10.6. The minimum atomic E-state index is 0.0376. The van der Waals surface area contributed by atoms with Gasteiger partial charge >= 0.3 is 0 Å². The molecule has 78 valence electrons. The van der Waals surface area contributed by atoms with E-state index in [1.807, 2.05) is 44.3 Å². The zero-order valence-electron chi connectivity index (χ0n) is 8.94. The van der Waals surface area contributed by atoms with Gasteiger partial charge in [0.2, 0.25) is 0 Å². The summed E-state index contributed by atoms with van der Waals surface area (Å²) < 4.78 is 1.79. The molecule has 2 rings (SSSR count). The molecular weight excluding hydrogens is 188 g/mol. The lowest BCUT2D eigenvalue weighted by molar-refractivity contribution is 0.281. The molecule has 1 heterocycles. The molecule has 3 heteroatoms. The van der Waals surface area contributed by atoms with Crippen molar-refractivity contribution in [2.45, 2.75) is 20.5 Å². The Bertz CT molecular complexity index is 474. The molecule has 2 aromatic rings. The lowest BCUT2D eigenvalue weighted by atomic mass is 10.1. The molecule has 0 aliphatic carbocycles. The number of hydrogen-bond donors (Lipinski definition) is 1. The third kappa shape index (κ3) is 1.92. The summed E-state index contributed by atoms with van der Waals surface area (Å²) in [7, 11) is 0. The summed E-state index contributed by atoms with van der Waals surface area (Å²) in [5.74, 6) is 0. The van der Waals surface area contributed by atoms with Gasteiger partial charge in [-0.05, 0) is 26.0 Å². The Balaban J connectivity index is 2.52. The topological polar surface area (TPSA) is 38.0 Å². The predicted molar refractivity (Wildman–Crippen MR) is 59.0 cm³/mol. The lowest BCUT2D eigenvalue weighted by Crippen LogP contribution is -2.01. The molecule has 0 atom stereocenters. The van der Waals surface area contributed by atoms with E-state index >= 15 is 0 Å². The monoisotopic (exact) mass is 202 g/mol. The van der Waals surface area contributed by atoms with Gasteiger partial charge in [0, 0.05) is 11.8 Å². The predicted octanol–water partition coefficient (Wildman–Crippen LogP) is 1.98. The second kappa shape index (κ2) is 3.87. The van der Waals surface area contributed by atoms with Crippen molar-refractivity contribution in [3.63, 3.8) is 0 Å². The first kappa shape index (κ1) is 9.93. The van der Waals surface area contributed by atoms with Crippen LogP contribution in [0.3, 0.4) is 0 Å². The number of aliphatic hydroxyl groups is 1. The highest BCUT2D eigenvalue weighted by Crippen LogP contribution is 2.16. The van der Waals surface area contributed by atoms with Gasteiger partial charge < -0.3 is 5.11 Å². The molecule has 0 radical (unpaired) electrons. The van der Waals surface area contributed by atoms with Gasteiger partial charge in [-0.3, -0.25) is 0 Å². The van der Waals surface area contributed by atoms with Gasteiger partial charge in [-0.2, -0.15) is 5.10 Å². The number of aliphatic hydroxyl groups excluding tert-OH is 1. The quantitative estimate of drug-likeness (QED) is 0.808. The van der Waals surface area contributed by atoms with Crippen LogP contribution in [0.2, 0.25) is 0 Å². The van der Waals surface area contributed by atoms with E-state index in [1.165, 1.54) is 0 Å². The molecular formula is C12H14N2O. The number of hydrogen-bond acceptors (Lipinski definition) is 2. The summed E-state index contributed by atoms with van der Waals surface area (Å²) >= 11 is 0. The van der Waals surface area contributed by atoms with Gasteiger partial charge in [-0.25, -0.2) is 4.68 Å². The highest BCUT2D eigenvalue weighted by Gasteiger charge is 2.04. The highest BCUT2D eigenvalue weighted by atomic mass is 16.3. The number of aryl methyl sites for hydroxylation is 2. The van der Waals surface area contributed by atoms with Crippen molar-refractivity contribution in [3.05, 3.63) is 47.3 Å². The summed E-state index contributed by atoms with van der Waals surface area (Å²) in [6.07, 6.45) is 1.90. The van der Waals surface area contributed by atoms with E-state index in [2.05, 4.69) is 5.10 Å². The van der Waals surface area contributed by atoms with E-state index in [9.17, 15) is 5.11 Å². The van der Waals surface area contributed by atoms with Crippen LogP contribution in [0.1, 0.15) is 16.8 Å². The minimum absolute atomic E-state index is 0.0376. The van der Waals surface area contributed by atoms with Crippen LogP contribution in [0.4, 0.5) is 0 Å². The third-order valence-electron chi connectivity index (χ3n) is 2.37. The maximum absolute atomic E-state index is 9.27. The van der Waals surface area contributed by atoms with Crippen molar-refractivity contribution in [3.8, 4) is 5.69 Å². The van der Waals surface area contributed by atoms with E-state index in [1.54, 1.807) is 4.68 Å². The number of benzene rings is 1. The Morgan fingerprint density at radius 3 is 2.67 bits per heavy atom. The summed E-state index contributed by atoms with van der Waals surface area (Å²) in [6.45, 7) is 4.00. The first-order valence-electron chi connectivity index (χ1n) is 4.94. The summed E-state index contributed by atoms with van der Waals surface area (Å²) in [5.41, 5.74) is 3.96. The van der Waals surface area contributed by atoms with Gasteiger partial charge in [0.1, 0.15) is 0 Å². The van der Waals surface area contributed by atoms with Crippen LogP contribution in [0.25, 0.3) is 5.69 Å². The zero-order valence-corrected chi connectivity index (χ0v) is 8.94. The first-order valence-corrected chi connectivity index (χ1v) is 4.94. The molecule has 0 bridgehead atoms. The Morgan fingerprint density at radius 1 is 1.27 bits per heavy atom. The molecule has 0 spiro atoms. The van der Waals surface area contributed by atoms with Crippen molar-refractivity contribution >= 4 is 0 Å². The van der Waals surface area contributed by atoms with Crippen LogP contribution >= 0.6 is 0 Å². The average Bonchev–Trinajstić information content (AvgIpc) is 2.64. The van der Waals surface area contributed by atoms with Gasteiger partial charge in [0.15, 0.2) is 0 Å². The fourth-order valence-corrected chi connectivity index (χ4v) is 1.61. The lowest BCUT2D eigenvalue weighted by Gasteiger charge is -2.08. The largest absolute Gasteiger partial charge is 0.392 e. The first-order chi connectivity index (χ1) is 7.20. The summed E-state index contributed by atoms with van der Waals surface area (Å²) in [5, 5.41) is 13.6. The Hall–Kier alpha value is -1.61. The van der Waals surface area contributed by atoms with E-state index in [-0.39, 0.29) is 6.61 Å². The van der Waals surface area contributed by atoms with Gasteiger partial charge in [0.25, 0.3) is 0 Å². The minimum Gasteiger partial charge on any atom is -0.392 e. The van der Waals surface area contributed by atoms with Gasteiger partial charge in [-0.1, -0.05) is 17.7 Å².